The number of amides is 2. The van der Waals surface area contributed by atoms with Crippen molar-refractivity contribution in [1.29, 1.82) is 0 Å². The number of carbonyl (C=O) groups excluding carboxylic acids is 1. The van der Waals surface area contributed by atoms with E-state index in [2.05, 4.69) is 5.32 Å². The Hall–Kier alpha value is -1.65. The van der Waals surface area contributed by atoms with Gasteiger partial charge in [-0.15, -0.1) is 0 Å². The summed E-state index contributed by atoms with van der Waals surface area (Å²) in [6.45, 7) is 10.3. The summed E-state index contributed by atoms with van der Waals surface area (Å²) in [6, 6.07) is 2.29. The molecule has 5 heteroatoms. The first-order chi connectivity index (χ1) is 10.3. The van der Waals surface area contributed by atoms with Gasteiger partial charge in [-0.2, -0.15) is 0 Å². The lowest BCUT2D eigenvalue weighted by Crippen LogP contribution is -2.44. The molecule has 1 aromatic carbocycles. The van der Waals surface area contributed by atoms with Gasteiger partial charge in [0.05, 0.1) is 0 Å². The molecule has 124 valence electrons. The number of urea groups is 1. The van der Waals surface area contributed by atoms with E-state index in [1.807, 2.05) is 27.7 Å². The summed E-state index contributed by atoms with van der Waals surface area (Å²) in [5.74, 6) is -1.50. The Morgan fingerprint density at radius 1 is 1.23 bits per heavy atom. The molecule has 1 rings (SSSR count). The highest BCUT2D eigenvalue weighted by Gasteiger charge is 2.23. The van der Waals surface area contributed by atoms with Gasteiger partial charge in [0.1, 0.15) is 0 Å². The molecule has 0 aromatic heterocycles. The van der Waals surface area contributed by atoms with Gasteiger partial charge in [0.25, 0.3) is 0 Å². The first-order valence-electron chi connectivity index (χ1n) is 7.83. The molecule has 1 aromatic rings. The van der Waals surface area contributed by atoms with Crippen LogP contribution in [0.4, 0.5) is 19.3 Å². The second kappa shape index (κ2) is 8.11. The number of hydrogen-bond acceptors (Lipinski definition) is 1. The quantitative estimate of drug-likeness (QED) is 0.792. The Morgan fingerprint density at radius 2 is 1.82 bits per heavy atom. The summed E-state index contributed by atoms with van der Waals surface area (Å²) in [5.41, 5.74) is 0.422. The zero-order valence-electron chi connectivity index (χ0n) is 14.0. The summed E-state index contributed by atoms with van der Waals surface area (Å²) < 4.78 is 26.8. The second-order valence-corrected chi connectivity index (χ2v) is 5.98. The fourth-order valence-electron chi connectivity index (χ4n) is 2.50. The van der Waals surface area contributed by atoms with E-state index in [-0.39, 0.29) is 17.6 Å². The minimum atomic E-state index is -0.921. The van der Waals surface area contributed by atoms with E-state index in [4.69, 9.17) is 0 Å². The Morgan fingerprint density at radius 3 is 2.32 bits per heavy atom. The van der Waals surface area contributed by atoms with Crippen LogP contribution < -0.4 is 5.32 Å². The van der Waals surface area contributed by atoms with Crippen LogP contribution in [0.5, 0.6) is 0 Å². The van der Waals surface area contributed by atoms with E-state index >= 15 is 0 Å². The van der Waals surface area contributed by atoms with Gasteiger partial charge in [0, 0.05) is 23.8 Å². The van der Waals surface area contributed by atoms with Gasteiger partial charge in [0.15, 0.2) is 11.6 Å². The van der Waals surface area contributed by atoms with Gasteiger partial charge in [-0.25, -0.2) is 13.6 Å². The van der Waals surface area contributed by atoms with Gasteiger partial charge in [-0.05, 0) is 37.8 Å². The van der Waals surface area contributed by atoms with Crippen molar-refractivity contribution in [2.45, 2.75) is 53.5 Å². The van der Waals surface area contributed by atoms with Crippen molar-refractivity contribution >= 4 is 11.7 Å². The molecule has 0 aliphatic carbocycles. The molecule has 0 heterocycles. The number of anilines is 1. The Balaban J connectivity index is 2.98. The lowest BCUT2D eigenvalue weighted by Gasteiger charge is -2.32. The topological polar surface area (TPSA) is 32.3 Å². The van der Waals surface area contributed by atoms with Crippen molar-refractivity contribution in [3.05, 3.63) is 29.3 Å². The predicted molar refractivity (Wildman–Crippen MR) is 86.0 cm³/mol. The number of halogens is 2. The molecule has 0 spiro atoms. The standard InChI is InChI=1S/C17H26F2N2O/c1-6-13(7-2)21(10-11(3)4)17(22)20-15-9-8-14(18)16(19)12(15)5/h8-9,11,13H,6-7,10H2,1-5H3,(H,20,22). The van der Waals surface area contributed by atoms with Crippen LogP contribution in [0.1, 0.15) is 46.1 Å². The number of benzene rings is 1. The largest absolute Gasteiger partial charge is 0.322 e. The highest BCUT2D eigenvalue weighted by molar-refractivity contribution is 5.90. The van der Waals surface area contributed by atoms with Crippen LogP contribution in [0.3, 0.4) is 0 Å². The lowest BCUT2D eigenvalue weighted by molar-refractivity contribution is 0.173. The molecular weight excluding hydrogens is 286 g/mol. The van der Waals surface area contributed by atoms with E-state index in [0.717, 1.165) is 18.9 Å². The summed E-state index contributed by atoms with van der Waals surface area (Å²) in [7, 11) is 0. The molecule has 0 unspecified atom stereocenters. The molecule has 0 radical (unpaired) electrons. The number of hydrogen-bond donors (Lipinski definition) is 1. The van der Waals surface area contributed by atoms with Gasteiger partial charge < -0.3 is 10.2 Å². The van der Waals surface area contributed by atoms with Gasteiger partial charge >= 0.3 is 6.03 Å². The molecule has 0 aliphatic rings. The summed E-state index contributed by atoms with van der Waals surface area (Å²) in [4.78, 5) is 14.3. The smallest absolute Gasteiger partial charge is 0.321 e. The summed E-state index contributed by atoms with van der Waals surface area (Å²) in [5, 5.41) is 2.71. The molecule has 0 saturated heterocycles. The van der Waals surface area contributed by atoms with Crippen molar-refractivity contribution in [3.8, 4) is 0 Å². The molecule has 0 fully saturated rings. The highest BCUT2D eigenvalue weighted by atomic mass is 19.2. The maximum Gasteiger partial charge on any atom is 0.322 e. The third-order valence-corrected chi connectivity index (χ3v) is 3.79. The maximum absolute atomic E-state index is 13.6. The summed E-state index contributed by atoms with van der Waals surface area (Å²) >= 11 is 0. The van der Waals surface area contributed by atoms with Crippen molar-refractivity contribution in [2.24, 2.45) is 5.92 Å². The Labute approximate surface area is 131 Å². The molecule has 22 heavy (non-hydrogen) atoms. The van der Waals surface area contributed by atoms with E-state index in [1.54, 1.807) is 4.90 Å². The van der Waals surface area contributed by atoms with Gasteiger partial charge in [-0.3, -0.25) is 0 Å². The first kappa shape index (κ1) is 18.4. The molecular formula is C17H26F2N2O. The lowest BCUT2D eigenvalue weighted by atomic mass is 10.1. The van der Waals surface area contributed by atoms with Crippen LogP contribution in [0, 0.1) is 24.5 Å². The number of carbonyl (C=O) groups is 1. The molecule has 0 bridgehead atoms. The SMILES string of the molecule is CCC(CC)N(CC(C)C)C(=O)Nc1ccc(F)c(F)c1C. The van der Waals surface area contributed by atoms with Crippen LogP contribution in [0.2, 0.25) is 0 Å². The zero-order valence-corrected chi connectivity index (χ0v) is 14.0. The molecule has 0 aliphatic heterocycles. The van der Waals surface area contributed by atoms with Crippen LogP contribution in [-0.4, -0.2) is 23.5 Å². The Bertz CT molecular complexity index is 514. The van der Waals surface area contributed by atoms with Crippen molar-refractivity contribution in [1.82, 2.24) is 4.90 Å². The normalized spacial score (nSPS) is 11.1. The number of rotatable bonds is 6. The van der Waals surface area contributed by atoms with Crippen LogP contribution >= 0.6 is 0 Å². The van der Waals surface area contributed by atoms with Crippen molar-refractivity contribution < 1.29 is 13.6 Å². The van der Waals surface area contributed by atoms with Crippen molar-refractivity contribution in [3.63, 3.8) is 0 Å². The first-order valence-corrected chi connectivity index (χ1v) is 7.83. The van der Waals surface area contributed by atoms with Crippen LogP contribution in [0.15, 0.2) is 12.1 Å². The van der Waals surface area contributed by atoms with Crippen molar-refractivity contribution in [2.75, 3.05) is 11.9 Å². The predicted octanol–water partition coefficient (Wildman–Crippen LogP) is 4.95. The van der Waals surface area contributed by atoms with Crippen LogP contribution in [-0.2, 0) is 0 Å². The van der Waals surface area contributed by atoms with Crippen LogP contribution in [0.25, 0.3) is 0 Å². The number of nitrogens with zero attached hydrogens (tertiary/aromatic N) is 1. The zero-order chi connectivity index (χ0) is 16.9. The second-order valence-electron chi connectivity index (χ2n) is 5.98. The highest BCUT2D eigenvalue weighted by Crippen LogP contribution is 2.22. The van der Waals surface area contributed by atoms with E-state index in [9.17, 15) is 13.6 Å². The third-order valence-electron chi connectivity index (χ3n) is 3.79. The third kappa shape index (κ3) is 4.42. The monoisotopic (exact) mass is 312 g/mol. The average molecular weight is 312 g/mol. The molecule has 1 N–H and O–H groups in total. The van der Waals surface area contributed by atoms with E-state index in [1.165, 1.54) is 13.0 Å². The fourth-order valence-corrected chi connectivity index (χ4v) is 2.50. The fraction of sp³-hybridized carbons (Fsp3) is 0.588. The average Bonchev–Trinajstić information content (AvgIpc) is 2.47. The molecule has 0 atom stereocenters. The summed E-state index contributed by atoms with van der Waals surface area (Å²) in [6.07, 6.45) is 1.71. The minimum absolute atomic E-state index is 0.113. The molecule has 3 nitrogen and oxygen atoms in total. The maximum atomic E-state index is 13.6. The van der Waals surface area contributed by atoms with Gasteiger partial charge in [0.2, 0.25) is 0 Å². The van der Waals surface area contributed by atoms with Gasteiger partial charge in [-0.1, -0.05) is 27.7 Å². The molecule has 0 saturated carbocycles. The number of nitrogens with one attached hydrogen (secondary N) is 1. The molecule has 2 amide bonds. The van der Waals surface area contributed by atoms with E-state index < -0.39 is 11.6 Å². The Kier molecular flexibility index (Phi) is 6.78. The minimum Gasteiger partial charge on any atom is -0.321 e. The van der Waals surface area contributed by atoms with E-state index in [0.29, 0.717) is 18.2 Å².